The van der Waals surface area contributed by atoms with Gasteiger partial charge >= 0.3 is 0 Å². The summed E-state index contributed by atoms with van der Waals surface area (Å²) in [7, 11) is 0. The molecule has 2 saturated heterocycles. The van der Waals surface area contributed by atoms with Crippen LogP contribution in [-0.4, -0.2) is 43.7 Å². The molecule has 2 aliphatic rings. The molecular weight excluding hydrogens is 336 g/mol. The van der Waals surface area contributed by atoms with Gasteiger partial charge in [0, 0.05) is 31.1 Å². The minimum atomic E-state index is 0.144. The Morgan fingerprint density at radius 1 is 1.24 bits per heavy atom. The van der Waals surface area contributed by atoms with Crippen molar-refractivity contribution in [1.82, 2.24) is 10.2 Å². The predicted molar refractivity (Wildman–Crippen MR) is 101 cm³/mol. The lowest BCUT2D eigenvalue weighted by Crippen LogP contribution is -2.37. The van der Waals surface area contributed by atoms with Crippen LogP contribution < -0.4 is 5.32 Å². The van der Waals surface area contributed by atoms with Gasteiger partial charge in [-0.15, -0.1) is 0 Å². The third kappa shape index (κ3) is 6.28. The van der Waals surface area contributed by atoms with Crippen molar-refractivity contribution in [2.24, 2.45) is 11.8 Å². The van der Waals surface area contributed by atoms with Crippen molar-refractivity contribution in [3.05, 3.63) is 34.9 Å². The molecule has 0 aromatic heterocycles. The van der Waals surface area contributed by atoms with E-state index in [1.165, 1.54) is 38.9 Å². The van der Waals surface area contributed by atoms with Gasteiger partial charge in [0.25, 0.3) is 0 Å². The van der Waals surface area contributed by atoms with Crippen LogP contribution in [0.3, 0.4) is 0 Å². The molecule has 0 aliphatic carbocycles. The Morgan fingerprint density at radius 2 is 2.08 bits per heavy atom. The van der Waals surface area contributed by atoms with E-state index in [4.69, 9.17) is 16.3 Å². The van der Waals surface area contributed by atoms with Gasteiger partial charge in [-0.3, -0.25) is 4.79 Å². The Labute approximate surface area is 155 Å². The summed E-state index contributed by atoms with van der Waals surface area (Å²) in [5, 5.41) is 3.71. The number of carbonyl (C=O) groups excluding carboxylic acids is 1. The highest BCUT2D eigenvalue weighted by Gasteiger charge is 2.24. The smallest absolute Gasteiger partial charge is 0.220 e. The summed E-state index contributed by atoms with van der Waals surface area (Å²) in [4.78, 5) is 14.6. The van der Waals surface area contributed by atoms with E-state index in [1.54, 1.807) is 0 Å². The fraction of sp³-hybridized carbons (Fsp3) is 0.650. The summed E-state index contributed by atoms with van der Waals surface area (Å²) in [6, 6.07) is 7.64. The molecule has 1 amide bonds. The van der Waals surface area contributed by atoms with Gasteiger partial charge in [-0.1, -0.05) is 23.7 Å². The molecule has 138 valence electrons. The fourth-order valence-corrected chi connectivity index (χ4v) is 4.03. The minimum Gasteiger partial charge on any atom is -0.381 e. The number of ether oxygens (including phenoxy) is 1. The number of piperidine rings is 1. The highest BCUT2D eigenvalue weighted by atomic mass is 35.5. The van der Waals surface area contributed by atoms with E-state index >= 15 is 0 Å². The van der Waals surface area contributed by atoms with Crippen LogP contribution in [0.25, 0.3) is 0 Å². The first-order chi connectivity index (χ1) is 12.2. The van der Waals surface area contributed by atoms with Gasteiger partial charge in [0.05, 0.1) is 6.61 Å². The van der Waals surface area contributed by atoms with Crippen LogP contribution in [0.5, 0.6) is 0 Å². The third-order valence-corrected chi connectivity index (χ3v) is 5.64. The standard InChI is InChI=1S/C20H29ClN2O2/c21-19-3-1-2-17(12-19)13-22-20(24)5-4-16-6-9-23(10-7-16)14-18-8-11-25-15-18/h1-3,12,16,18H,4-11,13-15H2,(H,22,24). The zero-order valence-corrected chi connectivity index (χ0v) is 15.6. The summed E-state index contributed by atoms with van der Waals surface area (Å²) < 4.78 is 5.47. The van der Waals surface area contributed by atoms with Crippen LogP contribution in [0.2, 0.25) is 5.02 Å². The van der Waals surface area contributed by atoms with E-state index in [2.05, 4.69) is 10.2 Å². The Morgan fingerprint density at radius 3 is 2.80 bits per heavy atom. The molecule has 2 fully saturated rings. The average Bonchev–Trinajstić information content (AvgIpc) is 3.12. The molecule has 1 aromatic carbocycles. The van der Waals surface area contributed by atoms with Crippen LogP contribution in [-0.2, 0) is 16.1 Å². The number of nitrogens with zero attached hydrogens (tertiary/aromatic N) is 1. The quantitative estimate of drug-likeness (QED) is 0.805. The zero-order valence-electron chi connectivity index (χ0n) is 14.9. The minimum absolute atomic E-state index is 0.144. The largest absolute Gasteiger partial charge is 0.381 e. The van der Waals surface area contributed by atoms with E-state index in [0.29, 0.717) is 23.9 Å². The van der Waals surface area contributed by atoms with Crippen molar-refractivity contribution in [3.8, 4) is 0 Å². The van der Waals surface area contributed by atoms with Gasteiger partial charge < -0.3 is 15.0 Å². The summed E-state index contributed by atoms with van der Waals surface area (Å²) in [6.45, 7) is 5.96. The van der Waals surface area contributed by atoms with E-state index in [9.17, 15) is 4.79 Å². The summed E-state index contributed by atoms with van der Waals surface area (Å²) in [6.07, 6.45) is 5.28. The summed E-state index contributed by atoms with van der Waals surface area (Å²) in [5.74, 6) is 1.56. The molecule has 25 heavy (non-hydrogen) atoms. The number of halogens is 1. The second-order valence-electron chi connectivity index (χ2n) is 7.42. The molecule has 0 bridgehead atoms. The molecule has 2 aliphatic heterocycles. The van der Waals surface area contributed by atoms with Crippen molar-refractivity contribution in [2.45, 2.75) is 38.6 Å². The Bertz CT molecular complexity index is 552. The maximum absolute atomic E-state index is 12.1. The van der Waals surface area contributed by atoms with Crippen molar-refractivity contribution in [1.29, 1.82) is 0 Å². The second-order valence-corrected chi connectivity index (χ2v) is 7.86. The van der Waals surface area contributed by atoms with Crippen LogP contribution in [0, 0.1) is 11.8 Å². The SMILES string of the molecule is O=C(CCC1CCN(CC2CCOC2)CC1)NCc1cccc(Cl)c1. The Balaban J connectivity index is 1.29. The van der Waals surface area contributed by atoms with Gasteiger partial charge in [0.1, 0.15) is 0 Å². The van der Waals surface area contributed by atoms with E-state index < -0.39 is 0 Å². The summed E-state index contributed by atoms with van der Waals surface area (Å²) >= 11 is 5.96. The molecule has 0 spiro atoms. The lowest BCUT2D eigenvalue weighted by atomic mass is 9.91. The number of nitrogens with one attached hydrogen (secondary N) is 1. The van der Waals surface area contributed by atoms with E-state index in [0.717, 1.165) is 31.1 Å². The van der Waals surface area contributed by atoms with Gasteiger partial charge in [-0.05, 0) is 68.3 Å². The van der Waals surface area contributed by atoms with Crippen LogP contribution in [0.15, 0.2) is 24.3 Å². The maximum atomic E-state index is 12.1. The first-order valence-corrected chi connectivity index (χ1v) is 9.88. The summed E-state index contributed by atoms with van der Waals surface area (Å²) in [5.41, 5.74) is 1.05. The first-order valence-electron chi connectivity index (χ1n) is 9.50. The number of hydrogen-bond acceptors (Lipinski definition) is 3. The Hall–Kier alpha value is -1.10. The van der Waals surface area contributed by atoms with Gasteiger partial charge in [-0.25, -0.2) is 0 Å². The van der Waals surface area contributed by atoms with Gasteiger partial charge in [-0.2, -0.15) is 0 Å². The number of likely N-dealkylation sites (tertiary alicyclic amines) is 1. The second kappa shape index (κ2) is 9.56. The Kier molecular flexibility index (Phi) is 7.14. The van der Waals surface area contributed by atoms with Gasteiger partial charge in [0.2, 0.25) is 5.91 Å². The normalized spacial score (nSPS) is 22.2. The lowest BCUT2D eigenvalue weighted by molar-refractivity contribution is -0.121. The van der Waals surface area contributed by atoms with Crippen LogP contribution in [0.1, 0.15) is 37.7 Å². The highest BCUT2D eigenvalue weighted by molar-refractivity contribution is 6.30. The van der Waals surface area contributed by atoms with Crippen LogP contribution >= 0.6 is 11.6 Å². The van der Waals surface area contributed by atoms with E-state index in [1.807, 2.05) is 24.3 Å². The van der Waals surface area contributed by atoms with Crippen molar-refractivity contribution >= 4 is 17.5 Å². The molecule has 0 radical (unpaired) electrons. The third-order valence-electron chi connectivity index (χ3n) is 5.41. The maximum Gasteiger partial charge on any atom is 0.220 e. The molecule has 1 aromatic rings. The number of carbonyl (C=O) groups is 1. The molecule has 2 heterocycles. The molecular formula is C20H29ClN2O2. The number of hydrogen-bond donors (Lipinski definition) is 1. The molecule has 1 atom stereocenters. The molecule has 3 rings (SSSR count). The molecule has 4 nitrogen and oxygen atoms in total. The first kappa shape index (κ1) is 18.7. The monoisotopic (exact) mass is 364 g/mol. The average molecular weight is 365 g/mol. The van der Waals surface area contributed by atoms with Crippen molar-refractivity contribution in [2.75, 3.05) is 32.8 Å². The number of rotatable bonds is 7. The van der Waals surface area contributed by atoms with Crippen molar-refractivity contribution < 1.29 is 9.53 Å². The van der Waals surface area contributed by atoms with Crippen molar-refractivity contribution in [3.63, 3.8) is 0 Å². The molecule has 1 unspecified atom stereocenters. The predicted octanol–water partition coefficient (Wildman–Crippen LogP) is 3.48. The highest BCUT2D eigenvalue weighted by Crippen LogP contribution is 2.24. The van der Waals surface area contributed by atoms with Gasteiger partial charge in [0.15, 0.2) is 0 Å². The van der Waals surface area contributed by atoms with E-state index in [-0.39, 0.29) is 5.91 Å². The molecule has 5 heteroatoms. The zero-order chi connectivity index (χ0) is 17.5. The lowest BCUT2D eigenvalue weighted by Gasteiger charge is -2.33. The van der Waals surface area contributed by atoms with Crippen LogP contribution in [0.4, 0.5) is 0 Å². The number of benzene rings is 1. The fourth-order valence-electron chi connectivity index (χ4n) is 3.82. The molecule has 0 saturated carbocycles. The molecule has 1 N–H and O–H groups in total. The topological polar surface area (TPSA) is 41.6 Å². The number of amides is 1.